The first kappa shape index (κ1) is 17.3. The number of carbonyl (C=O) groups excluding carboxylic acids is 2. The van der Waals surface area contributed by atoms with Crippen LogP contribution in [0, 0.1) is 0 Å². The monoisotopic (exact) mass is 300 g/mol. The van der Waals surface area contributed by atoms with E-state index in [0.29, 0.717) is 19.5 Å². The Bertz CT molecular complexity index is 403. The number of carbonyl (C=O) groups is 3. The summed E-state index contributed by atoms with van der Waals surface area (Å²) in [5.41, 5.74) is -0.685. The summed E-state index contributed by atoms with van der Waals surface area (Å²) < 4.78 is 5.04. The maximum absolute atomic E-state index is 11.7. The minimum absolute atomic E-state index is 0.0441. The maximum Gasteiger partial charge on any atom is 0.408 e. The number of likely N-dealkylation sites (tertiary alicyclic amines) is 1. The lowest BCUT2D eigenvalue weighted by atomic mass is 10.1. The first-order valence-corrected chi connectivity index (χ1v) is 7.19. The number of nitrogens with zero attached hydrogens (tertiary/aromatic N) is 1. The number of piperidine rings is 1. The van der Waals surface area contributed by atoms with Crippen LogP contribution in [-0.2, 0) is 14.3 Å². The van der Waals surface area contributed by atoms with Crippen molar-refractivity contribution in [1.82, 2.24) is 10.2 Å². The van der Waals surface area contributed by atoms with E-state index >= 15 is 0 Å². The van der Waals surface area contributed by atoms with Crippen molar-refractivity contribution < 1.29 is 24.2 Å². The van der Waals surface area contributed by atoms with E-state index in [1.165, 1.54) is 0 Å². The highest BCUT2D eigenvalue weighted by Gasteiger charge is 2.26. The zero-order valence-corrected chi connectivity index (χ0v) is 12.8. The highest BCUT2D eigenvalue weighted by atomic mass is 16.6. The van der Waals surface area contributed by atoms with E-state index in [9.17, 15) is 14.4 Å². The van der Waals surface area contributed by atoms with Gasteiger partial charge in [-0.25, -0.2) is 9.59 Å². The van der Waals surface area contributed by atoms with Gasteiger partial charge in [0.15, 0.2) is 0 Å². The normalized spacial score (nSPS) is 17.3. The summed E-state index contributed by atoms with van der Waals surface area (Å²) in [6.45, 7) is 6.08. The predicted molar refractivity (Wildman–Crippen MR) is 75.8 cm³/mol. The molecule has 0 aromatic heterocycles. The molecule has 2 N–H and O–H groups in total. The van der Waals surface area contributed by atoms with E-state index in [1.807, 2.05) is 0 Å². The van der Waals surface area contributed by atoms with Crippen LogP contribution in [-0.4, -0.2) is 52.7 Å². The SMILES string of the molecule is CC(C)(C)OC(=O)NC(CCN1CCCCC1=O)C(=O)O. The number of hydrogen-bond acceptors (Lipinski definition) is 4. The Kier molecular flexibility index (Phi) is 5.99. The average Bonchev–Trinajstić information content (AvgIpc) is 2.33. The van der Waals surface area contributed by atoms with Gasteiger partial charge in [-0.2, -0.15) is 0 Å². The van der Waals surface area contributed by atoms with Crippen molar-refractivity contribution in [2.45, 2.75) is 58.1 Å². The Morgan fingerprint density at radius 3 is 2.57 bits per heavy atom. The van der Waals surface area contributed by atoms with Gasteiger partial charge in [-0.1, -0.05) is 0 Å². The summed E-state index contributed by atoms with van der Waals surface area (Å²) >= 11 is 0. The lowest BCUT2D eigenvalue weighted by molar-refractivity contribution is -0.141. The number of rotatable bonds is 5. The van der Waals surface area contributed by atoms with Crippen LogP contribution >= 0.6 is 0 Å². The van der Waals surface area contributed by atoms with E-state index in [2.05, 4.69) is 5.32 Å². The quantitative estimate of drug-likeness (QED) is 0.799. The summed E-state index contributed by atoms with van der Waals surface area (Å²) in [6.07, 6.45) is 1.73. The molecule has 0 saturated carbocycles. The molecule has 7 nitrogen and oxygen atoms in total. The standard InChI is InChI=1S/C14H24N2O5/c1-14(2,3)21-13(20)15-10(12(18)19)7-9-16-8-5-4-6-11(16)17/h10H,4-9H2,1-3H3,(H,15,20)(H,18,19). The minimum atomic E-state index is -1.13. The molecule has 2 amide bonds. The Labute approximate surface area is 124 Å². The molecule has 1 atom stereocenters. The summed E-state index contributed by atoms with van der Waals surface area (Å²) in [4.78, 5) is 36.1. The molecule has 7 heteroatoms. The van der Waals surface area contributed by atoms with Gasteiger partial charge in [0.1, 0.15) is 11.6 Å². The molecular weight excluding hydrogens is 276 g/mol. The van der Waals surface area contributed by atoms with Gasteiger partial charge < -0.3 is 20.1 Å². The Balaban J connectivity index is 2.48. The third kappa shape index (κ3) is 6.46. The fourth-order valence-corrected chi connectivity index (χ4v) is 2.09. The largest absolute Gasteiger partial charge is 0.480 e. The van der Waals surface area contributed by atoms with E-state index in [0.717, 1.165) is 12.8 Å². The first-order valence-electron chi connectivity index (χ1n) is 7.19. The molecule has 1 rings (SSSR count). The number of ether oxygens (including phenoxy) is 1. The van der Waals surface area contributed by atoms with Crippen LogP contribution in [0.4, 0.5) is 4.79 Å². The van der Waals surface area contributed by atoms with E-state index in [4.69, 9.17) is 9.84 Å². The van der Waals surface area contributed by atoms with Gasteiger partial charge in [0, 0.05) is 19.5 Å². The summed E-state index contributed by atoms with van der Waals surface area (Å²) in [7, 11) is 0. The lowest BCUT2D eigenvalue weighted by Crippen LogP contribution is -2.46. The van der Waals surface area contributed by atoms with Gasteiger partial charge in [0.2, 0.25) is 5.91 Å². The molecule has 1 aliphatic rings. The Hall–Kier alpha value is -1.79. The van der Waals surface area contributed by atoms with Crippen LogP contribution in [0.5, 0.6) is 0 Å². The van der Waals surface area contributed by atoms with Crippen molar-refractivity contribution in [2.24, 2.45) is 0 Å². The minimum Gasteiger partial charge on any atom is -0.480 e. The van der Waals surface area contributed by atoms with Crippen LogP contribution < -0.4 is 5.32 Å². The molecule has 0 bridgehead atoms. The molecule has 0 aromatic carbocycles. The molecule has 120 valence electrons. The summed E-state index contributed by atoms with van der Waals surface area (Å²) in [5.74, 6) is -1.09. The van der Waals surface area contributed by atoms with Crippen LogP contribution in [0.2, 0.25) is 0 Å². The molecule has 0 aliphatic carbocycles. The zero-order chi connectivity index (χ0) is 16.0. The third-order valence-corrected chi connectivity index (χ3v) is 3.10. The van der Waals surface area contributed by atoms with Gasteiger partial charge in [-0.15, -0.1) is 0 Å². The molecule has 1 heterocycles. The van der Waals surface area contributed by atoms with Crippen LogP contribution in [0.1, 0.15) is 46.5 Å². The van der Waals surface area contributed by atoms with E-state index in [-0.39, 0.29) is 12.3 Å². The second-order valence-corrected chi connectivity index (χ2v) is 6.16. The lowest BCUT2D eigenvalue weighted by Gasteiger charge is -2.28. The molecular formula is C14H24N2O5. The highest BCUT2D eigenvalue weighted by molar-refractivity contribution is 5.80. The molecule has 1 saturated heterocycles. The van der Waals surface area contributed by atoms with Crippen LogP contribution in [0.3, 0.4) is 0 Å². The van der Waals surface area contributed by atoms with Crippen molar-refractivity contribution in [3.05, 3.63) is 0 Å². The number of aliphatic carboxylic acids is 1. The van der Waals surface area contributed by atoms with Crippen molar-refractivity contribution in [3.8, 4) is 0 Å². The smallest absolute Gasteiger partial charge is 0.408 e. The molecule has 21 heavy (non-hydrogen) atoms. The molecule has 0 radical (unpaired) electrons. The fourth-order valence-electron chi connectivity index (χ4n) is 2.09. The van der Waals surface area contributed by atoms with Gasteiger partial charge in [-0.05, 0) is 40.0 Å². The highest BCUT2D eigenvalue weighted by Crippen LogP contribution is 2.12. The number of nitrogens with one attached hydrogen (secondary N) is 1. The summed E-state index contributed by atoms with van der Waals surface area (Å²) in [5, 5.41) is 11.5. The second kappa shape index (κ2) is 7.28. The van der Waals surface area contributed by atoms with E-state index in [1.54, 1.807) is 25.7 Å². The van der Waals surface area contributed by atoms with Crippen molar-refractivity contribution in [3.63, 3.8) is 0 Å². The van der Waals surface area contributed by atoms with E-state index < -0.39 is 23.7 Å². The Morgan fingerprint density at radius 2 is 2.05 bits per heavy atom. The molecule has 0 spiro atoms. The number of carboxylic acid groups (broad SMARTS) is 1. The van der Waals surface area contributed by atoms with Crippen molar-refractivity contribution >= 4 is 18.0 Å². The van der Waals surface area contributed by atoms with Gasteiger partial charge in [-0.3, -0.25) is 4.79 Å². The number of carboxylic acids is 1. The molecule has 1 unspecified atom stereocenters. The Morgan fingerprint density at radius 1 is 1.38 bits per heavy atom. The fraction of sp³-hybridized carbons (Fsp3) is 0.786. The van der Waals surface area contributed by atoms with Gasteiger partial charge in [0.25, 0.3) is 0 Å². The first-order chi connectivity index (χ1) is 9.69. The maximum atomic E-state index is 11.7. The number of alkyl carbamates (subject to hydrolysis) is 1. The predicted octanol–water partition coefficient (Wildman–Crippen LogP) is 1.37. The number of amides is 2. The van der Waals surface area contributed by atoms with Crippen LogP contribution in [0.15, 0.2) is 0 Å². The third-order valence-electron chi connectivity index (χ3n) is 3.10. The molecule has 1 fully saturated rings. The second-order valence-electron chi connectivity index (χ2n) is 6.16. The van der Waals surface area contributed by atoms with Crippen LogP contribution in [0.25, 0.3) is 0 Å². The number of hydrogen-bond donors (Lipinski definition) is 2. The molecule has 1 aliphatic heterocycles. The zero-order valence-electron chi connectivity index (χ0n) is 12.8. The van der Waals surface area contributed by atoms with Crippen molar-refractivity contribution in [1.29, 1.82) is 0 Å². The topological polar surface area (TPSA) is 95.9 Å². The van der Waals surface area contributed by atoms with Crippen molar-refractivity contribution in [2.75, 3.05) is 13.1 Å². The molecule has 0 aromatic rings. The summed E-state index contributed by atoms with van der Waals surface area (Å²) in [6, 6.07) is -1.06. The van der Waals surface area contributed by atoms with Gasteiger partial charge in [0.05, 0.1) is 0 Å². The van der Waals surface area contributed by atoms with Gasteiger partial charge >= 0.3 is 12.1 Å². The average molecular weight is 300 g/mol.